The zero-order valence-corrected chi connectivity index (χ0v) is 11.8. The van der Waals surface area contributed by atoms with E-state index in [1.807, 2.05) is 23.1 Å². The van der Waals surface area contributed by atoms with Gasteiger partial charge in [0.1, 0.15) is 0 Å². The van der Waals surface area contributed by atoms with Crippen LogP contribution in [-0.4, -0.2) is 33.9 Å². The third-order valence-corrected chi connectivity index (χ3v) is 4.06. The number of fused-ring (bicyclic) bond motifs is 1. The molecule has 0 saturated carbocycles. The van der Waals surface area contributed by atoms with Crippen molar-refractivity contribution in [1.29, 1.82) is 0 Å². The molecule has 0 N–H and O–H groups in total. The third kappa shape index (κ3) is 2.10. The van der Waals surface area contributed by atoms with E-state index in [1.165, 1.54) is 5.56 Å². The minimum atomic E-state index is -0.895. The van der Waals surface area contributed by atoms with Gasteiger partial charge in [0.15, 0.2) is 10.8 Å². The molecule has 0 saturated heterocycles. The minimum absolute atomic E-state index is 0.110. The zero-order chi connectivity index (χ0) is 13.5. The van der Waals surface area contributed by atoms with E-state index in [9.17, 15) is 0 Å². The molecule has 0 aromatic heterocycles. The summed E-state index contributed by atoms with van der Waals surface area (Å²) in [5.41, 5.74) is 1.17. The van der Waals surface area contributed by atoms with Crippen LogP contribution in [0.4, 0.5) is 0 Å². The molecule has 98 valence electrons. The first-order valence-corrected chi connectivity index (χ1v) is 6.72. The van der Waals surface area contributed by atoms with Crippen LogP contribution >= 0.6 is 23.2 Å². The lowest BCUT2D eigenvalue weighted by molar-refractivity contribution is 0.221. The van der Waals surface area contributed by atoms with Crippen molar-refractivity contribution in [2.75, 3.05) is 6.67 Å². The van der Waals surface area contributed by atoms with E-state index in [-0.39, 0.29) is 11.3 Å². The van der Waals surface area contributed by atoms with Crippen LogP contribution in [0.25, 0.3) is 0 Å². The Morgan fingerprint density at radius 3 is 2.79 bits per heavy atom. The SMILES string of the molecule is CC(c1ccccc1)N1CN=C2N=C(Cl)N=CC21Cl. The lowest BCUT2D eigenvalue weighted by Gasteiger charge is -2.34. The second kappa shape index (κ2) is 4.71. The number of aliphatic imine (C=N–C) groups is 3. The molecule has 2 aliphatic rings. The first-order chi connectivity index (χ1) is 9.11. The largest absolute Gasteiger partial charge is 0.251 e. The molecule has 2 aliphatic heterocycles. The number of halogens is 2. The Bertz CT molecular complexity index is 582. The Morgan fingerprint density at radius 2 is 2.05 bits per heavy atom. The fourth-order valence-electron chi connectivity index (χ4n) is 2.30. The molecule has 6 heteroatoms. The average Bonchev–Trinajstić information content (AvgIpc) is 2.76. The van der Waals surface area contributed by atoms with Crippen molar-refractivity contribution in [2.45, 2.75) is 18.0 Å². The second-order valence-corrected chi connectivity index (χ2v) is 5.41. The van der Waals surface area contributed by atoms with Crippen LogP contribution in [0.2, 0.25) is 0 Å². The van der Waals surface area contributed by atoms with Crippen molar-refractivity contribution >= 4 is 40.5 Å². The van der Waals surface area contributed by atoms with Gasteiger partial charge in [0.25, 0.3) is 0 Å². The fourth-order valence-corrected chi connectivity index (χ4v) is 2.78. The maximum absolute atomic E-state index is 6.63. The molecule has 2 heterocycles. The Labute approximate surface area is 121 Å². The highest BCUT2D eigenvalue weighted by atomic mass is 35.5. The first-order valence-electron chi connectivity index (χ1n) is 5.96. The number of nitrogens with zero attached hydrogens (tertiary/aromatic N) is 4. The quantitative estimate of drug-likeness (QED) is 0.610. The van der Waals surface area contributed by atoms with Gasteiger partial charge in [-0.15, -0.1) is 0 Å². The molecule has 3 rings (SSSR count). The predicted molar refractivity (Wildman–Crippen MR) is 79.4 cm³/mol. The van der Waals surface area contributed by atoms with Gasteiger partial charge in [0.2, 0.25) is 5.29 Å². The average molecular weight is 295 g/mol. The third-order valence-electron chi connectivity index (χ3n) is 3.39. The molecule has 0 fully saturated rings. The van der Waals surface area contributed by atoms with Crippen LogP contribution in [0.1, 0.15) is 18.5 Å². The van der Waals surface area contributed by atoms with E-state index in [0.717, 1.165) is 0 Å². The molecule has 0 aliphatic carbocycles. The smallest absolute Gasteiger partial charge is 0.223 e. The maximum Gasteiger partial charge on any atom is 0.223 e. The van der Waals surface area contributed by atoms with Crippen LogP contribution in [-0.2, 0) is 0 Å². The molecule has 1 aromatic carbocycles. The van der Waals surface area contributed by atoms with Crippen LogP contribution in [0.15, 0.2) is 45.3 Å². The van der Waals surface area contributed by atoms with Crippen LogP contribution in [0.3, 0.4) is 0 Å². The summed E-state index contributed by atoms with van der Waals surface area (Å²) in [4.78, 5) is 13.6. The van der Waals surface area contributed by atoms with Crippen molar-refractivity contribution in [1.82, 2.24) is 4.90 Å². The number of amidine groups is 2. The predicted octanol–water partition coefficient (Wildman–Crippen LogP) is 3.03. The standard InChI is InChI=1S/C13H12Cl2N4/c1-9(10-5-3-2-4-6-10)19-8-17-11-13(19,15)7-16-12(14)18-11/h2-7,9H,8H2,1H3. The molecule has 19 heavy (non-hydrogen) atoms. The normalized spacial score (nSPS) is 27.7. The highest BCUT2D eigenvalue weighted by molar-refractivity contribution is 6.68. The number of hydrogen-bond donors (Lipinski definition) is 0. The molecule has 4 nitrogen and oxygen atoms in total. The van der Waals surface area contributed by atoms with E-state index in [1.54, 1.807) is 6.21 Å². The highest BCUT2D eigenvalue weighted by Crippen LogP contribution is 2.36. The summed E-state index contributed by atoms with van der Waals surface area (Å²) < 4.78 is 0. The number of benzene rings is 1. The van der Waals surface area contributed by atoms with Gasteiger partial charge in [0.05, 0.1) is 12.9 Å². The summed E-state index contributed by atoms with van der Waals surface area (Å²) >= 11 is 12.4. The van der Waals surface area contributed by atoms with Crippen LogP contribution in [0.5, 0.6) is 0 Å². The Morgan fingerprint density at radius 1 is 1.32 bits per heavy atom. The summed E-state index contributed by atoms with van der Waals surface area (Å²) in [6, 6.07) is 10.3. The molecular weight excluding hydrogens is 283 g/mol. The monoisotopic (exact) mass is 294 g/mol. The zero-order valence-electron chi connectivity index (χ0n) is 10.3. The Hall–Kier alpha value is -1.23. The van der Waals surface area contributed by atoms with Gasteiger partial charge in [-0.2, -0.15) is 4.99 Å². The maximum atomic E-state index is 6.63. The highest BCUT2D eigenvalue weighted by Gasteiger charge is 2.47. The van der Waals surface area contributed by atoms with Crippen LogP contribution < -0.4 is 0 Å². The molecule has 2 unspecified atom stereocenters. The summed E-state index contributed by atoms with van der Waals surface area (Å²) in [7, 11) is 0. The molecule has 1 aromatic rings. The summed E-state index contributed by atoms with van der Waals surface area (Å²) in [5.74, 6) is 0.511. The summed E-state index contributed by atoms with van der Waals surface area (Å²) in [6.45, 7) is 2.57. The molecular formula is C13H12Cl2N4. The Kier molecular flexibility index (Phi) is 3.17. The van der Waals surface area contributed by atoms with Gasteiger partial charge in [-0.1, -0.05) is 41.9 Å². The van der Waals surface area contributed by atoms with E-state index in [2.05, 4.69) is 34.0 Å². The van der Waals surface area contributed by atoms with E-state index in [0.29, 0.717) is 12.5 Å². The van der Waals surface area contributed by atoms with E-state index >= 15 is 0 Å². The molecule has 0 amide bonds. The van der Waals surface area contributed by atoms with Gasteiger partial charge in [-0.05, 0) is 24.1 Å². The number of hydrogen-bond acceptors (Lipinski definition) is 4. The second-order valence-electron chi connectivity index (χ2n) is 4.49. The lowest BCUT2D eigenvalue weighted by Crippen LogP contribution is -2.49. The van der Waals surface area contributed by atoms with Gasteiger partial charge < -0.3 is 0 Å². The van der Waals surface area contributed by atoms with Crippen molar-refractivity contribution in [2.24, 2.45) is 15.0 Å². The first kappa shape index (κ1) is 12.8. The number of rotatable bonds is 2. The van der Waals surface area contributed by atoms with Gasteiger partial charge in [0, 0.05) is 6.04 Å². The minimum Gasteiger partial charge on any atom is -0.251 e. The summed E-state index contributed by atoms with van der Waals surface area (Å²) in [5, 5.41) is 0.171. The van der Waals surface area contributed by atoms with E-state index < -0.39 is 5.00 Å². The molecule has 0 spiro atoms. The molecule has 0 bridgehead atoms. The van der Waals surface area contributed by atoms with Crippen molar-refractivity contribution in [3.8, 4) is 0 Å². The van der Waals surface area contributed by atoms with Gasteiger partial charge in [-0.25, -0.2) is 9.89 Å². The van der Waals surface area contributed by atoms with Crippen molar-refractivity contribution < 1.29 is 0 Å². The summed E-state index contributed by atoms with van der Waals surface area (Å²) in [6.07, 6.45) is 1.61. The number of alkyl halides is 1. The van der Waals surface area contributed by atoms with Crippen molar-refractivity contribution in [3.05, 3.63) is 35.9 Å². The molecule has 2 atom stereocenters. The van der Waals surface area contributed by atoms with E-state index in [4.69, 9.17) is 23.2 Å². The van der Waals surface area contributed by atoms with Gasteiger partial charge >= 0.3 is 0 Å². The van der Waals surface area contributed by atoms with Crippen molar-refractivity contribution in [3.63, 3.8) is 0 Å². The lowest BCUT2D eigenvalue weighted by atomic mass is 10.1. The van der Waals surface area contributed by atoms with Crippen LogP contribution in [0, 0.1) is 0 Å². The fraction of sp³-hybridized carbons (Fsp3) is 0.308. The van der Waals surface area contributed by atoms with Gasteiger partial charge in [-0.3, -0.25) is 4.99 Å². The topological polar surface area (TPSA) is 40.3 Å². The Balaban J connectivity index is 1.91. The molecule has 0 radical (unpaired) electrons.